The van der Waals surface area contributed by atoms with Gasteiger partial charge in [-0.2, -0.15) is 5.10 Å². The van der Waals surface area contributed by atoms with Crippen LogP contribution < -0.4 is 10.1 Å². The topological polar surface area (TPSA) is 105 Å². The van der Waals surface area contributed by atoms with E-state index in [1.165, 1.54) is 36.4 Å². The van der Waals surface area contributed by atoms with Crippen LogP contribution in [0.4, 0.5) is 5.69 Å². The second-order valence-electron chi connectivity index (χ2n) is 7.99. The number of ketones is 1. The Labute approximate surface area is 184 Å². The van der Waals surface area contributed by atoms with Gasteiger partial charge in [0.15, 0.2) is 0 Å². The van der Waals surface area contributed by atoms with E-state index in [0.29, 0.717) is 29.8 Å². The summed E-state index contributed by atoms with van der Waals surface area (Å²) < 4.78 is 28.1. The minimum Gasteiger partial charge on any atom is -0.299 e. The lowest BCUT2D eigenvalue weighted by Gasteiger charge is -2.28. The second kappa shape index (κ2) is 8.69. The lowest BCUT2D eigenvalue weighted by molar-refractivity contribution is -0.120. The highest BCUT2D eigenvalue weighted by Gasteiger charge is 2.30. The first-order valence-electron chi connectivity index (χ1n) is 9.30. The normalized spacial score (nSPS) is 17.6. The van der Waals surface area contributed by atoms with Crippen LogP contribution >= 0.6 is 15.9 Å². The Morgan fingerprint density at radius 2 is 1.67 bits per heavy atom. The zero-order chi connectivity index (χ0) is 21.9. The number of sulfonamides is 1. The number of halogens is 1. The van der Waals surface area contributed by atoms with Gasteiger partial charge in [0, 0.05) is 34.3 Å². The lowest BCUT2D eigenvalue weighted by Crippen LogP contribution is -2.31. The van der Waals surface area contributed by atoms with E-state index in [2.05, 4.69) is 31.2 Å². The van der Waals surface area contributed by atoms with Crippen molar-refractivity contribution in [2.24, 2.45) is 10.5 Å². The van der Waals surface area contributed by atoms with E-state index in [4.69, 9.17) is 0 Å². The maximum absolute atomic E-state index is 12.4. The van der Waals surface area contributed by atoms with Crippen LogP contribution in [0.1, 0.15) is 43.5 Å². The minimum absolute atomic E-state index is 0.113. The molecule has 7 nitrogen and oxygen atoms in total. The van der Waals surface area contributed by atoms with Crippen molar-refractivity contribution in [3.05, 3.63) is 58.6 Å². The number of anilines is 1. The first kappa shape index (κ1) is 22.2. The number of nitrogens with one attached hydrogen (secondary N) is 2. The first-order chi connectivity index (χ1) is 14.0. The van der Waals surface area contributed by atoms with Gasteiger partial charge in [0.2, 0.25) is 0 Å². The van der Waals surface area contributed by atoms with Crippen molar-refractivity contribution in [1.82, 2.24) is 5.43 Å². The number of carbonyl (C=O) groups excluding carboxylic acids is 2. The Balaban J connectivity index is 1.65. The molecule has 2 aromatic carbocycles. The molecule has 1 aliphatic carbocycles. The van der Waals surface area contributed by atoms with E-state index in [-0.39, 0.29) is 22.5 Å². The first-order valence-corrected chi connectivity index (χ1v) is 11.6. The van der Waals surface area contributed by atoms with Crippen LogP contribution in [0.15, 0.2) is 63.0 Å². The Kier molecular flexibility index (Phi) is 6.42. The number of hydrogen-bond acceptors (Lipinski definition) is 5. The van der Waals surface area contributed by atoms with E-state index < -0.39 is 15.9 Å². The summed E-state index contributed by atoms with van der Waals surface area (Å²) in [6, 6.07) is 12.3. The highest BCUT2D eigenvalue weighted by molar-refractivity contribution is 9.10. The number of hydrazone groups is 1. The van der Waals surface area contributed by atoms with Gasteiger partial charge < -0.3 is 0 Å². The van der Waals surface area contributed by atoms with Crippen molar-refractivity contribution >= 4 is 49.0 Å². The van der Waals surface area contributed by atoms with Gasteiger partial charge in [-0.3, -0.25) is 14.3 Å². The molecule has 0 unspecified atom stereocenters. The fourth-order valence-corrected chi connectivity index (χ4v) is 4.62. The number of amides is 1. The van der Waals surface area contributed by atoms with E-state index in [0.717, 1.165) is 4.47 Å². The van der Waals surface area contributed by atoms with E-state index >= 15 is 0 Å². The summed E-state index contributed by atoms with van der Waals surface area (Å²) in [6.07, 6.45) is 1.41. The van der Waals surface area contributed by atoms with Crippen molar-refractivity contribution in [3.63, 3.8) is 0 Å². The van der Waals surface area contributed by atoms with Crippen molar-refractivity contribution in [2.45, 2.75) is 38.0 Å². The van der Waals surface area contributed by atoms with Crippen LogP contribution in [0.2, 0.25) is 0 Å². The molecule has 1 amide bonds. The summed E-state index contributed by atoms with van der Waals surface area (Å²) >= 11 is 3.27. The third-order valence-corrected chi connectivity index (χ3v) is 6.52. The summed E-state index contributed by atoms with van der Waals surface area (Å²) in [4.78, 5) is 24.3. The van der Waals surface area contributed by atoms with Crippen molar-refractivity contribution in [3.8, 4) is 0 Å². The highest BCUT2D eigenvalue weighted by atomic mass is 79.9. The number of benzene rings is 2. The third-order valence-electron chi connectivity index (χ3n) is 4.60. The lowest BCUT2D eigenvalue weighted by atomic mass is 9.76. The van der Waals surface area contributed by atoms with Crippen LogP contribution in [0.25, 0.3) is 0 Å². The summed E-state index contributed by atoms with van der Waals surface area (Å²) in [7, 11) is -3.73. The van der Waals surface area contributed by atoms with Crippen molar-refractivity contribution in [2.75, 3.05) is 4.72 Å². The number of hydrogen-bond donors (Lipinski definition) is 2. The van der Waals surface area contributed by atoms with E-state index in [1.54, 1.807) is 12.1 Å². The van der Waals surface area contributed by atoms with Crippen LogP contribution in [0, 0.1) is 5.41 Å². The van der Waals surface area contributed by atoms with Crippen LogP contribution in [0.5, 0.6) is 0 Å². The predicted octanol–water partition coefficient (Wildman–Crippen LogP) is 4.11. The molecule has 2 aromatic rings. The van der Waals surface area contributed by atoms with Crippen LogP contribution in [-0.4, -0.2) is 25.8 Å². The third kappa shape index (κ3) is 5.76. The minimum atomic E-state index is -3.73. The monoisotopic (exact) mass is 491 g/mol. The summed E-state index contributed by atoms with van der Waals surface area (Å²) in [6.45, 7) is 3.99. The molecule has 0 radical (unpaired) electrons. The molecule has 158 valence electrons. The van der Waals surface area contributed by atoms with Gasteiger partial charge in [-0.25, -0.2) is 13.8 Å². The zero-order valence-electron chi connectivity index (χ0n) is 16.6. The summed E-state index contributed by atoms with van der Waals surface area (Å²) in [5, 5.41) is 4.12. The second-order valence-corrected chi connectivity index (χ2v) is 10.6. The molecular formula is C21H22BrN3O4S. The summed E-state index contributed by atoms with van der Waals surface area (Å²) in [5.41, 5.74) is 3.64. The molecule has 0 spiro atoms. The molecule has 2 N–H and O–H groups in total. The molecule has 0 heterocycles. The molecule has 0 atom stereocenters. The Morgan fingerprint density at radius 1 is 1.03 bits per heavy atom. The SMILES string of the molecule is CC1(C)CC(=O)CC(=NNC(=O)c2ccc(NS(=O)(=O)c3ccc(Br)cc3)cc2)C1. The Hall–Kier alpha value is -2.52. The number of rotatable bonds is 5. The largest absolute Gasteiger partial charge is 0.299 e. The van der Waals surface area contributed by atoms with Gasteiger partial charge in [-0.15, -0.1) is 0 Å². The molecule has 3 rings (SSSR count). The quantitative estimate of drug-likeness (QED) is 0.613. The molecular weight excluding hydrogens is 470 g/mol. The summed E-state index contributed by atoms with van der Waals surface area (Å²) in [5.74, 6) is -0.317. The zero-order valence-corrected chi connectivity index (χ0v) is 19.0. The number of carbonyl (C=O) groups is 2. The van der Waals surface area contributed by atoms with E-state index in [1.807, 2.05) is 13.8 Å². The Morgan fingerprint density at radius 3 is 2.27 bits per heavy atom. The van der Waals surface area contributed by atoms with Crippen LogP contribution in [0.3, 0.4) is 0 Å². The van der Waals surface area contributed by atoms with Gasteiger partial charge >= 0.3 is 0 Å². The molecule has 1 aliphatic rings. The molecule has 1 saturated carbocycles. The maximum Gasteiger partial charge on any atom is 0.271 e. The molecule has 0 aliphatic heterocycles. The molecule has 9 heteroatoms. The van der Waals surface area contributed by atoms with Gasteiger partial charge in [0.05, 0.1) is 4.90 Å². The average Bonchev–Trinajstić information content (AvgIpc) is 2.65. The smallest absolute Gasteiger partial charge is 0.271 e. The molecule has 0 bridgehead atoms. The van der Waals surface area contributed by atoms with Gasteiger partial charge in [-0.05, 0) is 60.4 Å². The standard InChI is InChI=1S/C21H22BrN3O4S/c1-21(2)12-17(11-18(26)13-21)23-24-20(27)14-3-7-16(8-4-14)25-30(28,29)19-9-5-15(22)6-10-19/h3-10,25H,11-13H2,1-2H3,(H,24,27). The van der Waals surface area contributed by atoms with Gasteiger partial charge in [-0.1, -0.05) is 29.8 Å². The average molecular weight is 492 g/mol. The number of Topliss-reactive ketones (excluding diaryl/α,β-unsaturated/α-hetero) is 1. The highest BCUT2D eigenvalue weighted by Crippen LogP contribution is 2.31. The van der Waals surface area contributed by atoms with E-state index in [9.17, 15) is 18.0 Å². The van der Waals surface area contributed by atoms with Gasteiger partial charge in [0.25, 0.3) is 15.9 Å². The van der Waals surface area contributed by atoms with Crippen molar-refractivity contribution in [1.29, 1.82) is 0 Å². The fourth-order valence-electron chi connectivity index (χ4n) is 3.29. The van der Waals surface area contributed by atoms with Gasteiger partial charge in [0.1, 0.15) is 5.78 Å². The number of nitrogens with zero attached hydrogens (tertiary/aromatic N) is 1. The molecule has 1 fully saturated rings. The van der Waals surface area contributed by atoms with Crippen molar-refractivity contribution < 1.29 is 18.0 Å². The fraction of sp³-hybridized carbons (Fsp3) is 0.286. The Bertz CT molecular complexity index is 1090. The molecule has 30 heavy (non-hydrogen) atoms. The van der Waals surface area contributed by atoms with Crippen LogP contribution in [-0.2, 0) is 14.8 Å². The molecule has 0 saturated heterocycles. The maximum atomic E-state index is 12.4. The predicted molar refractivity (Wildman–Crippen MR) is 119 cm³/mol. The molecule has 0 aromatic heterocycles.